The van der Waals surface area contributed by atoms with Gasteiger partial charge in [0.2, 0.25) is 0 Å². The van der Waals surface area contributed by atoms with Crippen molar-refractivity contribution in [3.05, 3.63) is 25.7 Å². The molecule has 4 fully saturated rings. The highest BCUT2D eigenvalue weighted by Gasteiger charge is 2.66. The number of rotatable bonds is 4. The van der Waals surface area contributed by atoms with Crippen molar-refractivity contribution < 1.29 is 13.9 Å². The normalized spacial score (nSPS) is 51.0. The van der Waals surface area contributed by atoms with Crippen molar-refractivity contribution >= 4 is 0 Å². The molecular weight excluding hydrogens is 219 g/mol. The fraction of sp³-hybridized carbons (Fsp3) is 0.714. The molecule has 0 saturated heterocycles. The van der Waals surface area contributed by atoms with Crippen molar-refractivity contribution in [1.29, 1.82) is 0 Å². The Morgan fingerprint density at radius 2 is 1.47 bits per heavy atom. The van der Waals surface area contributed by atoms with Gasteiger partial charge in [0, 0.05) is 19.3 Å². The standard InChI is InChI=1S/C14H19FO2/c1-3-16-13-6-11-5-12(15,8-13)9-14(7-11,10-13)17-4-2/h3-4,11H,1-2,5-10H2. The Balaban J connectivity index is 1.96. The molecule has 3 heteroatoms. The highest BCUT2D eigenvalue weighted by atomic mass is 19.1. The monoisotopic (exact) mass is 238 g/mol. The van der Waals surface area contributed by atoms with Gasteiger partial charge in [0.25, 0.3) is 0 Å². The van der Waals surface area contributed by atoms with Crippen molar-refractivity contribution in [3.63, 3.8) is 0 Å². The quantitative estimate of drug-likeness (QED) is 0.698. The van der Waals surface area contributed by atoms with Gasteiger partial charge in [-0.25, -0.2) is 4.39 Å². The van der Waals surface area contributed by atoms with E-state index in [0.29, 0.717) is 25.2 Å². The Bertz CT molecular complexity index is 339. The summed E-state index contributed by atoms with van der Waals surface area (Å²) < 4.78 is 26.2. The molecule has 0 radical (unpaired) electrons. The van der Waals surface area contributed by atoms with Gasteiger partial charge < -0.3 is 9.47 Å². The van der Waals surface area contributed by atoms with Crippen LogP contribution in [0.1, 0.15) is 38.5 Å². The SMILES string of the molecule is C=COC12CC3CC(F)(C1)CC(OC=C)(C3)C2. The third-order valence-electron chi connectivity index (χ3n) is 4.56. The topological polar surface area (TPSA) is 18.5 Å². The minimum absolute atomic E-state index is 0.371. The number of halogens is 1. The van der Waals surface area contributed by atoms with Crippen LogP contribution >= 0.6 is 0 Å². The van der Waals surface area contributed by atoms with Crippen LogP contribution in [0.15, 0.2) is 25.7 Å². The lowest BCUT2D eigenvalue weighted by Gasteiger charge is -2.62. The van der Waals surface area contributed by atoms with Crippen LogP contribution in [0.4, 0.5) is 4.39 Å². The maximum Gasteiger partial charge on any atom is 0.119 e. The fourth-order valence-electron chi connectivity index (χ4n) is 4.76. The second kappa shape index (κ2) is 3.27. The summed E-state index contributed by atoms with van der Waals surface area (Å²) in [6, 6.07) is 0. The lowest BCUT2D eigenvalue weighted by atomic mass is 9.51. The Morgan fingerprint density at radius 1 is 0.941 bits per heavy atom. The first-order valence-corrected chi connectivity index (χ1v) is 6.29. The van der Waals surface area contributed by atoms with E-state index in [0.717, 1.165) is 19.3 Å². The lowest BCUT2D eigenvalue weighted by Crippen LogP contribution is -2.65. The van der Waals surface area contributed by atoms with Gasteiger partial charge in [-0.15, -0.1) is 0 Å². The van der Waals surface area contributed by atoms with Gasteiger partial charge in [-0.3, -0.25) is 0 Å². The molecule has 94 valence electrons. The van der Waals surface area contributed by atoms with Crippen molar-refractivity contribution in [3.8, 4) is 0 Å². The molecule has 2 nitrogen and oxygen atoms in total. The van der Waals surface area contributed by atoms with E-state index in [1.807, 2.05) is 0 Å². The maximum absolute atomic E-state index is 14.8. The molecule has 0 aromatic heterocycles. The highest BCUT2D eigenvalue weighted by molar-refractivity contribution is 5.17. The summed E-state index contributed by atoms with van der Waals surface area (Å²) in [5, 5.41) is 0. The van der Waals surface area contributed by atoms with Crippen LogP contribution in [-0.4, -0.2) is 16.9 Å². The largest absolute Gasteiger partial charge is 0.495 e. The summed E-state index contributed by atoms with van der Waals surface area (Å²) in [6.07, 6.45) is 7.20. The Morgan fingerprint density at radius 3 is 1.88 bits per heavy atom. The molecule has 2 unspecified atom stereocenters. The molecular formula is C14H19FO2. The van der Waals surface area contributed by atoms with E-state index in [2.05, 4.69) is 13.2 Å². The molecule has 4 saturated carbocycles. The van der Waals surface area contributed by atoms with E-state index >= 15 is 0 Å². The van der Waals surface area contributed by atoms with Crippen molar-refractivity contribution in [1.82, 2.24) is 0 Å². The summed E-state index contributed by atoms with van der Waals surface area (Å²) in [7, 11) is 0. The van der Waals surface area contributed by atoms with E-state index in [1.54, 1.807) is 0 Å². The van der Waals surface area contributed by atoms with Gasteiger partial charge in [0.05, 0.1) is 12.5 Å². The van der Waals surface area contributed by atoms with Crippen LogP contribution in [0.5, 0.6) is 0 Å². The average molecular weight is 238 g/mol. The van der Waals surface area contributed by atoms with E-state index < -0.39 is 5.67 Å². The van der Waals surface area contributed by atoms with Crippen LogP contribution in [0.25, 0.3) is 0 Å². The van der Waals surface area contributed by atoms with E-state index in [9.17, 15) is 4.39 Å². The van der Waals surface area contributed by atoms with Crippen LogP contribution in [-0.2, 0) is 9.47 Å². The number of hydrogen-bond acceptors (Lipinski definition) is 2. The predicted molar refractivity (Wildman–Crippen MR) is 63.1 cm³/mol. The minimum Gasteiger partial charge on any atom is -0.495 e. The third kappa shape index (κ3) is 1.59. The van der Waals surface area contributed by atoms with Gasteiger partial charge in [0.15, 0.2) is 0 Å². The zero-order valence-corrected chi connectivity index (χ0v) is 10.1. The molecule has 0 aliphatic heterocycles. The molecule has 4 aliphatic carbocycles. The summed E-state index contributed by atoms with van der Waals surface area (Å²) in [5.74, 6) is 0.371. The van der Waals surface area contributed by atoms with Gasteiger partial charge in [-0.05, 0) is 25.2 Å². The number of ether oxygens (including phenoxy) is 2. The molecule has 0 N–H and O–H groups in total. The predicted octanol–water partition coefficient (Wildman–Crippen LogP) is 3.49. The van der Waals surface area contributed by atoms with Crippen LogP contribution in [0.3, 0.4) is 0 Å². The molecule has 17 heavy (non-hydrogen) atoms. The zero-order chi connectivity index (χ0) is 12.1. The highest BCUT2D eigenvalue weighted by Crippen LogP contribution is 2.63. The second-order valence-corrected chi connectivity index (χ2v) is 6.09. The summed E-state index contributed by atoms with van der Waals surface area (Å²) >= 11 is 0. The molecule has 4 rings (SSSR count). The molecule has 2 atom stereocenters. The van der Waals surface area contributed by atoms with Gasteiger partial charge in [-0.2, -0.15) is 0 Å². The molecule has 0 spiro atoms. The molecule has 0 aromatic rings. The van der Waals surface area contributed by atoms with Gasteiger partial charge >= 0.3 is 0 Å². The first-order chi connectivity index (χ1) is 8.03. The smallest absolute Gasteiger partial charge is 0.119 e. The summed E-state index contributed by atoms with van der Waals surface area (Å²) in [6.45, 7) is 7.25. The van der Waals surface area contributed by atoms with Gasteiger partial charge in [0.1, 0.15) is 16.9 Å². The summed E-state index contributed by atoms with van der Waals surface area (Å²) in [4.78, 5) is 0. The molecule has 4 bridgehead atoms. The second-order valence-electron chi connectivity index (χ2n) is 6.09. The first-order valence-electron chi connectivity index (χ1n) is 6.29. The van der Waals surface area contributed by atoms with Crippen molar-refractivity contribution in [2.24, 2.45) is 5.92 Å². The summed E-state index contributed by atoms with van der Waals surface area (Å²) in [5.41, 5.74) is -1.90. The molecule has 0 heterocycles. The molecule has 0 aromatic carbocycles. The Kier molecular flexibility index (Phi) is 2.14. The van der Waals surface area contributed by atoms with Gasteiger partial charge in [-0.1, -0.05) is 13.2 Å². The average Bonchev–Trinajstić information content (AvgIpc) is 2.12. The first kappa shape index (κ1) is 11.1. The van der Waals surface area contributed by atoms with Crippen LogP contribution in [0.2, 0.25) is 0 Å². The number of hydrogen-bond donors (Lipinski definition) is 0. The fourth-order valence-corrected chi connectivity index (χ4v) is 4.76. The molecule has 0 amide bonds. The van der Waals surface area contributed by atoms with E-state index in [-0.39, 0.29) is 11.2 Å². The maximum atomic E-state index is 14.8. The minimum atomic E-state index is -1.12. The lowest BCUT2D eigenvalue weighted by molar-refractivity contribution is -0.236. The van der Waals surface area contributed by atoms with E-state index in [4.69, 9.17) is 9.47 Å². The number of alkyl halides is 1. The van der Waals surface area contributed by atoms with Crippen molar-refractivity contribution in [2.45, 2.75) is 55.4 Å². The Hall–Kier alpha value is -0.990. The van der Waals surface area contributed by atoms with Crippen LogP contribution < -0.4 is 0 Å². The third-order valence-corrected chi connectivity index (χ3v) is 4.56. The van der Waals surface area contributed by atoms with E-state index in [1.165, 1.54) is 12.5 Å². The molecule has 4 aliphatic rings. The Labute approximate surface area is 101 Å². The van der Waals surface area contributed by atoms with Crippen LogP contribution in [0, 0.1) is 5.92 Å². The zero-order valence-electron chi connectivity index (χ0n) is 10.1. The van der Waals surface area contributed by atoms with Crippen molar-refractivity contribution in [2.75, 3.05) is 0 Å².